The summed E-state index contributed by atoms with van der Waals surface area (Å²) in [6.07, 6.45) is 1.63. The number of hydrogen-bond acceptors (Lipinski definition) is 5. The Balaban J connectivity index is 1.55. The number of halogens is 1. The van der Waals surface area contributed by atoms with Crippen LogP contribution >= 0.6 is 11.3 Å². The monoisotopic (exact) mass is 423 g/mol. The molecule has 1 aliphatic heterocycles. The topological polar surface area (TPSA) is 46.6 Å². The highest BCUT2D eigenvalue weighted by atomic mass is 32.1. The van der Waals surface area contributed by atoms with E-state index in [1.807, 2.05) is 35.2 Å². The molecule has 1 aliphatic rings. The van der Waals surface area contributed by atoms with Crippen molar-refractivity contribution < 1.29 is 18.7 Å². The number of carbonyl (C=O) groups is 2. The molecule has 2 heterocycles. The van der Waals surface area contributed by atoms with Crippen LogP contribution in [0.15, 0.2) is 49.0 Å². The Morgan fingerprint density at radius 3 is 2.87 bits per heavy atom. The minimum absolute atomic E-state index is 0.0144. The number of rotatable bonds is 8. The molecule has 0 bridgehead atoms. The summed E-state index contributed by atoms with van der Waals surface area (Å²) in [5.74, 6) is 0.514. The minimum atomic E-state index is -0.381. The molecule has 1 aromatic heterocycles. The van der Waals surface area contributed by atoms with Crippen LogP contribution in [-0.2, 0) is 22.7 Å². The maximum atomic E-state index is 14.0. The molecule has 0 aliphatic carbocycles. The van der Waals surface area contributed by atoms with Gasteiger partial charge in [-0.15, -0.1) is 11.3 Å². The van der Waals surface area contributed by atoms with Gasteiger partial charge in [-0.1, -0.05) is 24.8 Å². The lowest BCUT2D eigenvalue weighted by Gasteiger charge is -2.28. The van der Waals surface area contributed by atoms with E-state index >= 15 is 0 Å². The number of ether oxygens (including phenoxy) is 1. The average molecular weight is 424 g/mol. The largest absolute Gasteiger partial charge is 0.488 e. The van der Waals surface area contributed by atoms with E-state index in [9.17, 15) is 14.0 Å². The molecule has 0 saturated carbocycles. The second kappa shape index (κ2) is 8.40. The van der Waals surface area contributed by atoms with Crippen LogP contribution in [0, 0.1) is 5.82 Å². The molecule has 4 nitrogen and oxygen atoms in total. The van der Waals surface area contributed by atoms with E-state index in [1.165, 1.54) is 17.4 Å². The third kappa shape index (κ3) is 3.75. The molecular formula is C24H22FNO3S. The number of Topliss-reactive ketones (excluding diaryl/α,β-unsaturated/α-hetero) is 1. The molecule has 0 spiro atoms. The van der Waals surface area contributed by atoms with Gasteiger partial charge in [-0.3, -0.25) is 4.79 Å². The average Bonchev–Trinajstić information content (AvgIpc) is 3.29. The van der Waals surface area contributed by atoms with E-state index in [4.69, 9.17) is 4.74 Å². The first-order valence-corrected chi connectivity index (χ1v) is 10.6. The molecule has 0 amide bonds. The first-order chi connectivity index (χ1) is 14.5. The smallest absolute Gasteiger partial charge is 0.152 e. The lowest BCUT2D eigenvalue weighted by molar-refractivity contribution is -0.121. The number of nitrogens with zero attached hydrogens (tertiary/aromatic N) is 1. The molecule has 0 N–H and O–H groups in total. The number of carbonyl (C=O) groups excluding carboxylic acids is 2. The van der Waals surface area contributed by atoms with E-state index in [1.54, 1.807) is 13.0 Å². The van der Waals surface area contributed by atoms with Gasteiger partial charge in [-0.2, -0.15) is 0 Å². The molecule has 4 rings (SSSR count). The predicted octanol–water partition coefficient (Wildman–Crippen LogP) is 5.34. The summed E-state index contributed by atoms with van der Waals surface area (Å²) in [5, 5.41) is 0.610. The normalized spacial score (nSPS) is 14.1. The molecule has 0 fully saturated rings. The molecular weight excluding hydrogens is 401 g/mol. The van der Waals surface area contributed by atoms with Crippen molar-refractivity contribution in [3.05, 3.63) is 70.9 Å². The highest BCUT2D eigenvalue weighted by Crippen LogP contribution is 2.39. The number of hydrogen-bond donors (Lipinski definition) is 0. The Morgan fingerprint density at radius 1 is 1.33 bits per heavy atom. The Morgan fingerprint density at radius 2 is 2.13 bits per heavy atom. The van der Waals surface area contributed by atoms with Gasteiger partial charge in [0, 0.05) is 44.8 Å². The SMILES string of the molecule is C=C1c2cccc(OCc3cc4c(F)cccc4s3)c2CN1C(CCC=O)C(C)=O. The van der Waals surface area contributed by atoms with E-state index in [0.29, 0.717) is 31.4 Å². The van der Waals surface area contributed by atoms with Gasteiger partial charge >= 0.3 is 0 Å². The van der Waals surface area contributed by atoms with Crippen LogP contribution in [0.1, 0.15) is 35.8 Å². The van der Waals surface area contributed by atoms with Crippen molar-refractivity contribution in [1.29, 1.82) is 0 Å². The van der Waals surface area contributed by atoms with Crippen LogP contribution in [0.3, 0.4) is 0 Å². The van der Waals surface area contributed by atoms with Gasteiger partial charge in [0.2, 0.25) is 0 Å². The van der Waals surface area contributed by atoms with Crippen LogP contribution < -0.4 is 4.74 Å². The van der Waals surface area contributed by atoms with Gasteiger partial charge in [-0.05, 0) is 37.6 Å². The summed E-state index contributed by atoms with van der Waals surface area (Å²) < 4.78 is 21.0. The van der Waals surface area contributed by atoms with Crippen molar-refractivity contribution in [3.8, 4) is 5.75 Å². The molecule has 1 unspecified atom stereocenters. The number of benzene rings is 2. The molecule has 3 aromatic rings. The summed E-state index contributed by atoms with van der Waals surface area (Å²) in [6, 6.07) is 12.3. The molecule has 0 radical (unpaired) electrons. The van der Waals surface area contributed by atoms with Gasteiger partial charge in [0.1, 0.15) is 24.5 Å². The zero-order valence-electron chi connectivity index (χ0n) is 16.7. The van der Waals surface area contributed by atoms with Gasteiger partial charge in [0.05, 0.1) is 6.04 Å². The fourth-order valence-electron chi connectivity index (χ4n) is 3.96. The second-order valence-corrected chi connectivity index (χ2v) is 8.55. The molecule has 6 heteroatoms. The maximum Gasteiger partial charge on any atom is 0.152 e. The Bertz CT molecular complexity index is 1140. The van der Waals surface area contributed by atoms with Crippen molar-refractivity contribution in [3.63, 3.8) is 0 Å². The van der Waals surface area contributed by atoms with E-state index in [0.717, 1.165) is 38.4 Å². The number of ketones is 1. The van der Waals surface area contributed by atoms with Gasteiger partial charge in [0.15, 0.2) is 5.78 Å². The molecule has 0 saturated heterocycles. The Kier molecular flexibility index (Phi) is 5.68. The summed E-state index contributed by atoms with van der Waals surface area (Å²) >= 11 is 1.51. The van der Waals surface area contributed by atoms with Crippen LogP contribution in [0.5, 0.6) is 5.75 Å². The van der Waals surface area contributed by atoms with E-state index in [-0.39, 0.29) is 17.6 Å². The fraction of sp³-hybridized carbons (Fsp3) is 0.250. The fourth-order valence-corrected chi connectivity index (χ4v) is 4.95. The maximum absolute atomic E-state index is 14.0. The van der Waals surface area contributed by atoms with E-state index in [2.05, 4.69) is 6.58 Å². The van der Waals surface area contributed by atoms with Gasteiger partial charge in [-0.25, -0.2) is 4.39 Å². The highest BCUT2D eigenvalue weighted by molar-refractivity contribution is 7.19. The van der Waals surface area contributed by atoms with Crippen molar-refractivity contribution in [1.82, 2.24) is 4.90 Å². The highest BCUT2D eigenvalue weighted by Gasteiger charge is 2.32. The standard InChI is InChI=1S/C24H22FNO3S/c1-15-18-6-3-9-23(20(18)13-26(15)22(16(2)28)8-5-11-27)29-14-17-12-19-21(25)7-4-10-24(19)30-17/h3-4,6-7,9-12,22H,1,5,8,13-14H2,2H3. The first kappa shape index (κ1) is 20.3. The Hall–Kier alpha value is -2.99. The van der Waals surface area contributed by atoms with Crippen LogP contribution in [-0.4, -0.2) is 23.0 Å². The van der Waals surface area contributed by atoms with Crippen molar-refractivity contribution in [2.45, 2.75) is 39.0 Å². The second-order valence-electron chi connectivity index (χ2n) is 7.38. The Labute approximate surface area is 178 Å². The third-order valence-electron chi connectivity index (χ3n) is 5.45. The van der Waals surface area contributed by atoms with Crippen LogP contribution in [0.2, 0.25) is 0 Å². The van der Waals surface area contributed by atoms with Gasteiger partial charge in [0.25, 0.3) is 0 Å². The predicted molar refractivity (Wildman–Crippen MR) is 117 cm³/mol. The van der Waals surface area contributed by atoms with Gasteiger partial charge < -0.3 is 14.4 Å². The molecule has 154 valence electrons. The minimum Gasteiger partial charge on any atom is -0.488 e. The zero-order valence-corrected chi connectivity index (χ0v) is 17.5. The molecule has 1 atom stereocenters. The molecule has 30 heavy (non-hydrogen) atoms. The third-order valence-corrected chi connectivity index (χ3v) is 6.53. The first-order valence-electron chi connectivity index (χ1n) is 9.81. The summed E-state index contributed by atoms with van der Waals surface area (Å²) in [5.41, 5.74) is 2.70. The number of fused-ring (bicyclic) bond motifs is 2. The lowest BCUT2D eigenvalue weighted by Crippen LogP contribution is -2.35. The van der Waals surface area contributed by atoms with Crippen molar-refractivity contribution >= 4 is 39.2 Å². The zero-order chi connectivity index (χ0) is 21.3. The molecule has 2 aromatic carbocycles. The summed E-state index contributed by atoms with van der Waals surface area (Å²) in [4.78, 5) is 25.9. The van der Waals surface area contributed by atoms with Crippen LogP contribution in [0.4, 0.5) is 4.39 Å². The summed E-state index contributed by atoms with van der Waals surface area (Å²) in [7, 11) is 0. The quantitative estimate of drug-likeness (QED) is 0.459. The summed E-state index contributed by atoms with van der Waals surface area (Å²) in [6.45, 7) is 6.57. The van der Waals surface area contributed by atoms with Crippen molar-refractivity contribution in [2.75, 3.05) is 0 Å². The van der Waals surface area contributed by atoms with Crippen molar-refractivity contribution in [2.24, 2.45) is 0 Å². The number of aldehydes is 1. The lowest BCUT2D eigenvalue weighted by atomic mass is 10.1. The number of thiophene rings is 1. The van der Waals surface area contributed by atoms with E-state index < -0.39 is 0 Å². The van der Waals surface area contributed by atoms with Crippen LogP contribution in [0.25, 0.3) is 15.8 Å².